The zero-order valence-corrected chi connectivity index (χ0v) is 13.1. The smallest absolute Gasteiger partial charge is 0.257 e. The molecule has 1 fully saturated rings. The third-order valence-electron chi connectivity index (χ3n) is 4.44. The molecular weight excluding hydrogens is 290 g/mol. The van der Waals surface area contributed by atoms with E-state index in [0.717, 1.165) is 42.8 Å². The minimum absolute atomic E-state index is 0.0138. The van der Waals surface area contributed by atoms with E-state index < -0.39 is 0 Å². The van der Waals surface area contributed by atoms with Gasteiger partial charge in [0.05, 0.1) is 28.8 Å². The van der Waals surface area contributed by atoms with Gasteiger partial charge < -0.3 is 9.88 Å². The summed E-state index contributed by atoms with van der Waals surface area (Å²) in [4.78, 5) is 22.8. The Morgan fingerprint density at radius 2 is 2.26 bits per heavy atom. The molecule has 23 heavy (non-hydrogen) atoms. The fraction of sp³-hybridized carbons (Fsp3) is 0.353. The molecule has 0 spiro atoms. The number of amides is 1. The van der Waals surface area contributed by atoms with E-state index in [1.165, 1.54) is 0 Å². The summed E-state index contributed by atoms with van der Waals surface area (Å²) in [5, 5.41) is 4.21. The first-order valence-corrected chi connectivity index (χ1v) is 8.04. The van der Waals surface area contributed by atoms with Crippen molar-refractivity contribution in [3.8, 4) is 0 Å². The van der Waals surface area contributed by atoms with E-state index in [1.54, 1.807) is 10.9 Å². The molecule has 0 saturated carbocycles. The molecule has 0 aliphatic carbocycles. The van der Waals surface area contributed by atoms with Gasteiger partial charge in [0.25, 0.3) is 5.91 Å². The van der Waals surface area contributed by atoms with Gasteiger partial charge in [-0.1, -0.05) is 12.1 Å². The number of aryl methyl sites for hydroxylation is 1. The number of aromatic amines is 1. The number of benzene rings is 1. The molecule has 1 aliphatic rings. The van der Waals surface area contributed by atoms with Crippen molar-refractivity contribution < 1.29 is 4.79 Å². The second kappa shape index (κ2) is 5.53. The lowest BCUT2D eigenvalue weighted by molar-refractivity contribution is 0.0730. The third-order valence-corrected chi connectivity index (χ3v) is 4.44. The first-order chi connectivity index (χ1) is 11.3. The molecule has 0 unspecified atom stereocenters. The summed E-state index contributed by atoms with van der Waals surface area (Å²) in [5.41, 5.74) is 2.61. The van der Waals surface area contributed by atoms with Crippen LogP contribution in [-0.4, -0.2) is 37.1 Å². The van der Waals surface area contributed by atoms with Gasteiger partial charge in [0.1, 0.15) is 5.82 Å². The average molecular weight is 309 g/mol. The van der Waals surface area contributed by atoms with Crippen molar-refractivity contribution in [1.82, 2.24) is 24.6 Å². The van der Waals surface area contributed by atoms with Gasteiger partial charge in [0.15, 0.2) is 0 Å². The Morgan fingerprint density at radius 1 is 1.39 bits per heavy atom. The van der Waals surface area contributed by atoms with Crippen molar-refractivity contribution in [3.05, 3.63) is 48.0 Å². The molecule has 1 atom stereocenters. The fourth-order valence-corrected chi connectivity index (χ4v) is 3.24. The van der Waals surface area contributed by atoms with Crippen LogP contribution in [0.2, 0.25) is 0 Å². The van der Waals surface area contributed by atoms with Gasteiger partial charge in [0, 0.05) is 19.3 Å². The number of aromatic nitrogens is 4. The van der Waals surface area contributed by atoms with Gasteiger partial charge in [-0.3, -0.25) is 9.48 Å². The molecule has 6 heteroatoms. The molecule has 4 rings (SSSR count). The topological polar surface area (TPSA) is 66.8 Å². The number of imidazole rings is 1. The summed E-state index contributed by atoms with van der Waals surface area (Å²) in [6.07, 6.45) is 5.40. The number of carbonyl (C=O) groups is 1. The van der Waals surface area contributed by atoms with Crippen molar-refractivity contribution in [3.63, 3.8) is 0 Å². The van der Waals surface area contributed by atoms with Crippen molar-refractivity contribution in [1.29, 1.82) is 0 Å². The summed E-state index contributed by atoms with van der Waals surface area (Å²) >= 11 is 0. The predicted octanol–water partition coefficient (Wildman–Crippen LogP) is 2.76. The second-order valence-corrected chi connectivity index (χ2v) is 5.88. The van der Waals surface area contributed by atoms with Crippen molar-refractivity contribution in [2.75, 3.05) is 6.54 Å². The molecule has 1 amide bonds. The lowest BCUT2D eigenvalue weighted by Crippen LogP contribution is -2.30. The standard InChI is InChI=1S/C17H19N5O/c1-2-21-11-12(10-18-21)17(23)22-9-5-8-15(22)16-19-13-6-3-4-7-14(13)20-16/h3-4,6-7,10-11,15H,2,5,8-9H2,1H3,(H,19,20)/t15-/m0/s1. The molecule has 3 aromatic rings. The number of fused-ring (bicyclic) bond motifs is 1. The van der Waals surface area contributed by atoms with E-state index in [9.17, 15) is 4.79 Å². The summed E-state index contributed by atoms with van der Waals surface area (Å²) in [7, 11) is 0. The number of H-pyrrole nitrogens is 1. The van der Waals surface area contributed by atoms with Gasteiger partial charge in [-0.05, 0) is 31.9 Å². The zero-order chi connectivity index (χ0) is 15.8. The Hall–Kier alpha value is -2.63. The van der Waals surface area contributed by atoms with Crippen LogP contribution in [0.3, 0.4) is 0 Å². The van der Waals surface area contributed by atoms with Crippen LogP contribution in [0, 0.1) is 0 Å². The second-order valence-electron chi connectivity index (χ2n) is 5.88. The highest BCUT2D eigenvalue weighted by atomic mass is 16.2. The molecule has 1 aromatic carbocycles. The summed E-state index contributed by atoms with van der Waals surface area (Å²) in [6.45, 7) is 3.53. The lowest BCUT2D eigenvalue weighted by atomic mass is 10.2. The Balaban J connectivity index is 1.64. The molecule has 6 nitrogen and oxygen atoms in total. The number of hydrogen-bond donors (Lipinski definition) is 1. The van der Waals surface area contributed by atoms with E-state index in [2.05, 4.69) is 15.1 Å². The van der Waals surface area contributed by atoms with Gasteiger partial charge in [-0.15, -0.1) is 0 Å². The number of para-hydroxylation sites is 2. The molecular formula is C17H19N5O. The fourth-order valence-electron chi connectivity index (χ4n) is 3.24. The van der Waals surface area contributed by atoms with Gasteiger partial charge >= 0.3 is 0 Å². The summed E-state index contributed by atoms with van der Waals surface area (Å²) in [6, 6.07) is 7.98. The molecule has 118 valence electrons. The Bertz CT molecular complexity index is 816. The average Bonchev–Trinajstić information content (AvgIpc) is 3.30. The van der Waals surface area contributed by atoms with Crippen LogP contribution in [0.5, 0.6) is 0 Å². The lowest BCUT2D eigenvalue weighted by Gasteiger charge is -2.22. The van der Waals surface area contributed by atoms with Crippen LogP contribution in [0.1, 0.15) is 42.0 Å². The van der Waals surface area contributed by atoms with E-state index in [1.807, 2.05) is 42.3 Å². The van der Waals surface area contributed by atoms with Crippen LogP contribution in [0.15, 0.2) is 36.7 Å². The summed E-state index contributed by atoms with van der Waals surface area (Å²) < 4.78 is 1.78. The number of nitrogens with zero attached hydrogens (tertiary/aromatic N) is 4. The zero-order valence-electron chi connectivity index (χ0n) is 13.1. The minimum atomic E-state index is 0.0138. The van der Waals surface area contributed by atoms with E-state index in [0.29, 0.717) is 5.56 Å². The van der Waals surface area contributed by atoms with Crippen LogP contribution in [0.4, 0.5) is 0 Å². The third kappa shape index (κ3) is 2.40. The maximum atomic E-state index is 12.8. The molecule has 0 bridgehead atoms. The van der Waals surface area contributed by atoms with Gasteiger partial charge in [-0.25, -0.2) is 4.98 Å². The number of nitrogens with one attached hydrogen (secondary N) is 1. The normalized spacial score (nSPS) is 18.0. The van der Waals surface area contributed by atoms with Crippen LogP contribution in [0.25, 0.3) is 11.0 Å². The predicted molar refractivity (Wildman–Crippen MR) is 87.0 cm³/mol. The number of likely N-dealkylation sites (tertiary alicyclic amines) is 1. The first kappa shape index (κ1) is 14.0. The Labute approximate surface area is 134 Å². The minimum Gasteiger partial charge on any atom is -0.340 e. The van der Waals surface area contributed by atoms with Gasteiger partial charge in [-0.2, -0.15) is 5.10 Å². The largest absolute Gasteiger partial charge is 0.340 e. The van der Waals surface area contributed by atoms with E-state index in [4.69, 9.17) is 0 Å². The molecule has 2 aromatic heterocycles. The molecule has 1 aliphatic heterocycles. The SMILES string of the molecule is CCn1cc(C(=O)N2CCC[C@H]2c2nc3ccccc3[nH]2)cn1. The number of hydrogen-bond acceptors (Lipinski definition) is 3. The van der Waals surface area contributed by atoms with E-state index >= 15 is 0 Å². The van der Waals surface area contributed by atoms with Crippen LogP contribution >= 0.6 is 0 Å². The Morgan fingerprint density at radius 3 is 3.04 bits per heavy atom. The molecule has 1 N–H and O–H groups in total. The van der Waals surface area contributed by atoms with E-state index in [-0.39, 0.29) is 11.9 Å². The monoisotopic (exact) mass is 309 g/mol. The van der Waals surface area contributed by atoms with Gasteiger partial charge in [0.2, 0.25) is 0 Å². The highest BCUT2D eigenvalue weighted by molar-refractivity contribution is 5.94. The molecule has 0 radical (unpaired) electrons. The maximum Gasteiger partial charge on any atom is 0.257 e. The van der Waals surface area contributed by atoms with Crippen LogP contribution < -0.4 is 0 Å². The maximum absolute atomic E-state index is 12.8. The number of carbonyl (C=O) groups excluding carboxylic acids is 1. The highest BCUT2D eigenvalue weighted by Gasteiger charge is 2.33. The van der Waals surface area contributed by atoms with Crippen molar-refractivity contribution in [2.24, 2.45) is 0 Å². The first-order valence-electron chi connectivity index (χ1n) is 8.04. The Kier molecular flexibility index (Phi) is 3.37. The van der Waals surface area contributed by atoms with Crippen molar-refractivity contribution >= 4 is 16.9 Å². The summed E-state index contributed by atoms with van der Waals surface area (Å²) in [5.74, 6) is 0.910. The number of rotatable bonds is 3. The molecule has 3 heterocycles. The van der Waals surface area contributed by atoms with Crippen LogP contribution in [-0.2, 0) is 6.54 Å². The highest BCUT2D eigenvalue weighted by Crippen LogP contribution is 2.32. The molecule has 1 saturated heterocycles. The van der Waals surface area contributed by atoms with Crippen molar-refractivity contribution in [2.45, 2.75) is 32.4 Å². The quantitative estimate of drug-likeness (QED) is 0.809.